The van der Waals surface area contributed by atoms with Crippen LogP contribution in [-0.2, 0) is 14.4 Å². The molecule has 4 aliphatic rings. The molecule has 0 unspecified atom stereocenters. The molecule has 3 amide bonds. The summed E-state index contributed by atoms with van der Waals surface area (Å²) in [5.41, 5.74) is 3.34. The Morgan fingerprint density at radius 1 is 0.710 bits per heavy atom. The topological polar surface area (TPSA) is 87.3 Å². The first-order chi connectivity index (χ1) is 14.5. The Balaban J connectivity index is 0.000000208. The smallest absolute Gasteiger partial charge is 0.233 e. The first kappa shape index (κ1) is 24.1. The number of nitrogens with one attached hydrogen (secondary N) is 3. The molecule has 3 N–H and O–H groups in total. The van der Waals surface area contributed by atoms with Crippen LogP contribution in [0.4, 0.5) is 0 Å². The minimum absolute atomic E-state index is 0.0923. The Morgan fingerprint density at radius 2 is 1.29 bits per heavy atom. The molecule has 2 aliphatic carbocycles. The molecule has 4 rings (SSSR count). The highest BCUT2D eigenvalue weighted by Gasteiger charge is 2.24. The summed E-state index contributed by atoms with van der Waals surface area (Å²) in [5.74, 6) is -0.455. The van der Waals surface area contributed by atoms with Crippen LogP contribution in [0.15, 0.2) is 71.3 Å². The standard InChI is InChI=1S/C12H14N2O2.C11H13NO.C2H6/c1-12(2)5-3-4-8-9(7-12)14-11(16)6-10(15)13-8;1-11(2)5-3-8-7-10(13)12-9(8)4-6-11;1-2/h3-5,7H,6H2,1-2H3,(H,13,15)(H,14,16);3-6H,7H2,1-2H3,(H,12,13);1-2H3. The van der Waals surface area contributed by atoms with E-state index in [2.05, 4.69) is 41.9 Å². The van der Waals surface area contributed by atoms with Crippen molar-refractivity contribution in [1.82, 2.24) is 16.0 Å². The molecule has 0 aromatic carbocycles. The fraction of sp³-hybridized carbons (Fsp3) is 0.400. The van der Waals surface area contributed by atoms with Crippen molar-refractivity contribution in [2.24, 2.45) is 10.8 Å². The molecule has 31 heavy (non-hydrogen) atoms. The van der Waals surface area contributed by atoms with E-state index >= 15 is 0 Å². The molecule has 2 heterocycles. The van der Waals surface area contributed by atoms with E-state index in [1.165, 1.54) is 0 Å². The van der Waals surface area contributed by atoms with Crippen LogP contribution >= 0.6 is 0 Å². The normalized spacial score (nSPS) is 22.3. The molecule has 0 aromatic rings. The quantitative estimate of drug-likeness (QED) is 0.516. The van der Waals surface area contributed by atoms with Gasteiger partial charge in [-0.3, -0.25) is 14.4 Å². The average Bonchev–Trinajstić information content (AvgIpc) is 2.80. The summed E-state index contributed by atoms with van der Waals surface area (Å²) < 4.78 is 0. The second kappa shape index (κ2) is 9.77. The van der Waals surface area contributed by atoms with Crippen LogP contribution in [0.5, 0.6) is 0 Å². The maximum absolute atomic E-state index is 11.4. The van der Waals surface area contributed by atoms with Gasteiger partial charge in [0.25, 0.3) is 0 Å². The van der Waals surface area contributed by atoms with Gasteiger partial charge in [0.1, 0.15) is 6.42 Å². The number of carbonyl (C=O) groups is 3. The Bertz CT molecular complexity index is 911. The summed E-state index contributed by atoms with van der Waals surface area (Å²) in [6.45, 7) is 12.4. The van der Waals surface area contributed by atoms with Gasteiger partial charge in [-0.2, -0.15) is 0 Å². The number of hydrogen-bond donors (Lipinski definition) is 3. The van der Waals surface area contributed by atoms with Gasteiger partial charge in [0, 0.05) is 16.5 Å². The van der Waals surface area contributed by atoms with Gasteiger partial charge in [-0.05, 0) is 23.8 Å². The van der Waals surface area contributed by atoms with Crippen molar-refractivity contribution in [2.45, 2.75) is 54.4 Å². The SMILES string of the molecule is CC.CC1(C)C=CC2=C(C=C1)NC(=O)C2.CC1(C)C=CC=C2NC(=O)CC(=O)NC2=C1. The first-order valence-electron chi connectivity index (χ1n) is 10.7. The van der Waals surface area contributed by atoms with Crippen LogP contribution in [0, 0.1) is 10.8 Å². The second-order valence-electron chi connectivity index (χ2n) is 8.74. The summed E-state index contributed by atoms with van der Waals surface area (Å²) >= 11 is 0. The molecule has 0 saturated carbocycles. The van der Waals surface area contributed by atoms with Gasteiger partial charge in [0.2, 0.25) is 17.7 Å². The van der Waals surface area contributed by atoms with E-state index in [0.717, 1.165) is 11.3 Å². The minimum atomic E-state index is -0.278. The van der Waals surface area contributed by atoms with Gasteiger partial charge in [-0.15, -0.1) is 0 Å². The minimum Gasteiger partial charge on any atom is -0.326 e. The zero-order chi connectivity index (χ0) is 23.2. The van der Waals surface area contributed by atoms with Gasteiger partial charge in [-0.1, -0.05) is 71.9 Å². The third-order valence-corrected chi connectivity index (χ3v) is 4.83. The van der Waals surface area contributed by atoms with Crippen LogP contribution in [0.1, 0.15) is 54.4 Å². The van der Waals surface area contributed by atoms with E-state index in [9.17, 15) is 14.4 Å². The highest BCUT2D eigenvalue weighted by atomic mass is 16.2. The lowest BCUT2D eigenvalue weighted by atomic mass is 9.92. The van der Waals surface area contributed by atoms with Crippen molar-refractivity contribution in [3.63, 3.8) is 0 Å². The third kappa shape index (κ3) is 6.95. The lowest BCUT2D eigenvalue weighted by Crippen LogP contribution is -2.23. The van der Waals surface area contributed by atoms with E-state index in [-0.39, 0.29) is 35.0 Å². The van der Waals surface area contributed by atoms with Crippen LogP contribution in [0.2, 0.25) is 0 Å². The molecule has 166 valence electrons. The zero-order valence-electron chi connectivity index (χ0n) is 19.3. The van der Waals surface area contributed by atoms with E-state index < -0.39 is 0 Å². The van der Waals surface area contributed by atoms with Crippen molar-refractivity contribution in [3.05, 3.63) is 71.3 Å². The molecule has 0 spiro atoms. The van der Waals surface area contributed by atoms with Crippen molar-refractivity contribution >= 4 is 17.7 Å². The maximum atomic E-state index is 11.4. The number of carbonyl (C=O) groups excluding carboxylic acids is 3. The summed E-state index contributed by atoms with van der Waals surface area (Å²) in [4.78, 5) is 33.8. The molecule has 0 aromatic heterocycles. The summed E-state index contributed by atoms with van der Waals surface area (Å²) in [6, 6.07) is 0. The third-order valence-electron chi connectivity index (χ3n) is 4.83. The molecule has 1 saturated heterocycles. The molecule has 0 radical (unpaired) electrons. The van der Waals surface area contributed by atoms with Crippen LogP contribution in [0.3, 0.4) is 0 Å². The van der Waals surface area contributed by atoms with Crippen molar-refractivity contribution in [3.8, 4) is 0 Å². The van der Waals surface area contributed by atoms with Gasteiger partial charge in [0.15, 0.2) is 0 Å². The van der Waals surface area contributed by atoms with Crippen molar-refractivity contribution in [1.29, 1.82) is 0 Å². The van der Waals surface area contributed by atoms with Crippen molar-refractivity contribution in [2.75, 3.05) is 0 Å². The number of fused-ring (bicyclic) bond motifs is 1. The number of rotatable bonds is 0. The Morgan fingerprint density at radius 3 is 1.97 bits per heavy atom. The predicted octanol–water partition coefficient (Wildman–Crippen LogP) is 3.93. The lowest BCUT2D eigenvalue weighted by molar-refractivity contribution is -0.127. The van der Waals surface area contributed by atoms with E-state index in [0.29, 0.717) is 17.8 Å². The van der Waals surface area contributed by atoms with E-state index in [4.69, 9.17) is 0 Å². The van der Waals surface area contributed by atoms with Gasteiger partial charge >= 0.3 is 0 Å². The highest BCUT2D eigenvalue weighted by Crippen LogP contribution is 2.28. The molecule has 6 heteroatoms. The predicted molar refractivity (Wildman–Crippen MR) is 123 cm³/mol. The zero-order valence-corrected chi connectivity index (χ0v) is 19.3. The number of hydrogen-bond acceptors (Lipinski definition) is 3. The highest BCUT2D eigenvalue weighted by molar-refractivity contribution is 6.00. The molecular formula is C25H33N3O3. The summed E-state index contributed by atoms with van der Waals surface area (Å²) in [5, 5.41) is 8.28. The van der Waals surface area contributed by atoms with Crippen molar-refractivity contribution < 1.29 is 14.4 Å². The van der Waals surface area contributed by atoms with Crippen LogP contribution in [0.25, 0.3) is 0 Å². The van der Waals surface area contributed by atoms with Crippen LogP contribution < -0.4 is 16.0 Å². The fourth-order valence-corrected chi connectivity index (χ4v) is 3.24. The second-order valence-corrected chi connectivity index (χ2v) is 8.74. The number of allylic oxidation sites excluding steroid dienone is 8. The molecule has 0 bridgehead atoms. The molecule has 1 fully saturated rings. The summed E-state index contributed by atoms with van der Waals surface area (Å²) in [6.07, 6.45) is 16.3. The Kier molecular flexibility index (Phi) is 7.60. The van der Waals surface area contributed by atoms with Crippen LogP contribution in [-0.4, -0.2) is 17.7 Å². The van der Waals surface area contributed by atoms with E-state index in [1.807, 2.05) is 58.1 Å². The molecule has 6 nitrogen and oxygen atoms in total. The summed E-state index contributed by atoms with van der Waals surface area (Å²) in [7, 11) is 0. The molecular weight excluding hydrogens is 390 g/mol. The van der Waals surface area contributed by atoms with E-state index in [1.54, 1.807) is 6.08 Å². The fourth-order valence-electron chi connectivity index (χ4n) is 3.24. The lowest BCUT2D eigenvalue weighted by Gasteiger charge is -2.16. The van der Waals surface area contributed by atoms with Gasteiger partial charge in [-0.25, -0.2) is 0 Å². The Labute approximate surface area is 184 Å². The first-order valence-corrected chi connectivity index (χ1v) is 10.7. The largest absolute Gasteiger partial charge is 0.326 e. The molecule has 0 atom stereocenters. The van der Waals surface area contributed by atoms with Gasteiger partial charge < -0.3 is 16.0 Å². The maximum Gasteiger partial charge on any atom is 0.233 e. The van der Waals surface area contributed by atoms with Gasteiger partial charge in [0.05, 0.1) is 17.8 Å². The Hall–Kier alpha value is -3.15. The monoisotopic (exact) mass is 423 g/mol. The number of amides is 3. The molecule has 2 aliphatic heterocycles. The average molecular weight is 424 g/mol.